The molecule has 2 bridgehead atoms. The van der Waals surface area contributed by atoms with E-state index in [1.807, 2.05) is 0 Å². The molecule has 1 saturated carbocycles. The van der Waals surface area contributed by atoms with E-state index in [4.69, 9.17) is 23.2 Å². The molecule has 0 saturated heterocycles. The normalized spacial score (nSPS) is 27.6. The molecule has 3 rings (SSSR count). The third-order valence-corrected chi connectivity index (χ3v) is 4.35. The van der Waals surface area contributed by atoms with Gasteiger partial charge in [0.1, 0.15) is 0 Å². The van der Waals surface area contributed by atoms with Gasteiger partial charge in [-0.05, 0) is 24.7 Å². The number of aromatic nitrogens is 1. The second-order valence-electron chi connectivity index (χ2n) is 4.98. The van der Waals surface area contributed by atoms with E-state index in [0.717, 1.165) is 12.8 Å². The molecule has 2 N–H and O–H groups in total. The molecule has 3 atom stereocenters. The summed E-state index contributed by atoms with van der Waals surface area (Å²) in [5.41, 5.74) is 5.95. The second kappa shape index (κ2) is 5.02. The maximum Gasteiger partial charge on any atom is 0.242 e. The standard InChI is InChI=1S/C13H13Cl2N3O/c14-10-5-16-6-11(15)12(10)17-18-13(19)9-4-7-1-2-8(9)3-7/h1-2,5-9H,3-4H2,(H,16,17)(H,18,19)/t7-,8+,9?/m1/s1. The zero-order chi connectivity index (χ0) is 13.4. The van der Waals surface area contributed by atoms with Crippen LogP contribution in [0.3, 0.4) is 0 Å². The Balaban J connectivity index is 1.64. The minimum atomic E-state index is -0.0132. The van der Waals surface area contributed by atoms with Gasteiger partial charge in [-0.2, -0.15) is 0 Å². The lowest BCUT2D eigenvalue weighted by atomic mass is 9.93. The van der Waals surface area contributed by atoms with Crippen LogP contribution in [0.2, 0.25) is 10.0 Å². The van der Waals surface area contributed by atoms with Crippen LogP contribution in [0.4, 0.5) is 5.69 Å². The molecule has 1 heterocycles. The van der Waals surface area contributed by atoms with Crippen LogP contribution in [0.1, 0.15) is 12.8 Å². The maximum absolute atomic E-state index is 12.1. The zero-order valence-corrected chi connectivity index (χ0v) is 11.6. The quantitative estimate of drug-likeness (QED) is 0.666. The highest BCUT2D eigenvalue weighted by Crippen LogP contribution is 2.43. The van der Waals surface area contributed by atoms with Gasteiger partial charge in [-0.3, -0.25) is 20.6 Å². The molecule has 1 aromatic rings. The molecular weight excluding hydrogens is 285 g/mol. The molecule has 0 radical (unpaired) electrons. The fourth-order valence-corrected chi connectivity index (χ4v) is 3.29. The fraction of sp³-hybridized carbons (Fsp3) is 0.385. The molecule has 4 nitrogen and oxygen atoms in total. The van der Waals surface area contributed by atoms with E-state index in [9.17, 15) is 4.79 Å². The topological polar surface area (TPSA) is 54.0 Å². The van der Waals surface area contributed by atoms with Crippen molar-refractivity contribution in [3.8, 4) is 0 Å². The average Bonchev–Trinajstić information content (AvgIpc) is 3.00. The van der Waals surface area contributed by atoms with Crippen molar-refractivity contribution in [1.29, 1.82) is 0 Å². The highest BCUT2D eigenvalue weighted by atomic mass is 35.5. The van der Waals surface area contributed by atoms with Gasteiger partial charge in [0.15, 0.2) is 0 Å². The average molecular weight is 298 g/mol. The van der Waals surface area contributed by atoms with E-state index in [1.165, 1.54) is 12.4 Å². The number of fused-ring (bicyclic) bond motifs is 2. The Hall–Kier alpha value is -1.26. The van der Waals surface area contributed by atoms with Crippen LogP contribution < -0.4 is 10.9 Å². The van der Waals surface area contributed by atoms with Crippen molar-refractivity contribution in [1.82, 2.24) is 10.4 Å². The smallest absolute Gasteiger partial charge is 0.242 e. The zero-order valence-electron chi connectivity index (χ0n) is 10.1. The minimum absolute atomic E-state index is 0.0132. The lowest BCUT2D eigenvalue weighted by Gasteiger charge is -2.19. The summed E-state index contributed by atoms with van der Waals surface area (Å²) in [6, 6.07) is 0. The molecule has 0 spiro atoms. The van der Waals surface area contributed by atoms with Crippen LogP contribution in [0.15, 0.2) is 24.5 Å². The number of rotatable bonds is 3. The predicted octanol–water partition coefficient (Wildman–Crippen LogP) is 3.04. The third kappa shape index (κ3) is 2.42. The van der Waals surface area contributed by atoms with Crippen LogP contribution in [-0.2, 0) is 4.79 Å². The van der Waals surface area contributed by atoms with Gasteiger partial charge in [-0.25, -0.2) is 0 Å². The summed E-state index contributed by atoms with van der Waals surface area (Å²) in [4.78, 5) is 16.0. The van der Waals surface area contributed by atoms with Gasteiger partial charge in [-0.1, -0.05) is 35.4 Å². The van der Waals surface area contributed by atoms with Crippen LogP contribution in [0.5, 0.6) is 0 Å². The van der Waals surface area contributed by atoms with Crippen LogP contribution >= 0.6 is 23.2 Å². The summed E-state index contributed by atoms with van der Waals surface area (Å²) < 4.78 is 0. The summed E-state index contributed by atoms with van der Waals surface area (Å²) in [5, 5.41) is 0.751. The number of hydrogen-bond acceptors (Lipinski definition) is 3. The SMILES string of the molecule is O=C(NNc1c(Cl)cncc1Cl)C1C[C@@H]2C=C[C@H]1C2. The molecule has 100 valence electrons. The molecule has 1 unspecified atom stereocenters. The number of carbonyl (C=O) groups excluding carboxylic acids is 1. The number of hydrogen-bond donors (Lipinski definition) is 2. The van der Waals surface area contributed by atoms with Gasteiger partial charge in [0.25, 0.3) is 0 Å². The number of hydrazine groups is 1. The molecule has 0 aliphatic heterocycles. The fourth-order valence-electron chi connectivity index (χ4n) is 2.83. The number of nitrogens with zero attached hydrogens (tertiary/aromatic N) is 1. The number of anilines is 1. The van der Waals surface area contributed by atoms with Crippen molar-refractivity contribution >= 4 is 34.8 Å². The van der Waals surface area contributed by atoms with Gasteiger partial charge in [0, 0.05) is 18.3 Å². The summed E-state index contributed by atoms with van der Waals surface area (Å²) >= 11 is 11.9. The monoisotopic (exact) mass is 297 g/mol. The molecule has 6 heteroatoms. The second-order valence-corrected chi connectivity index (χ2v) is 5.79. The van der Waals surface area contributed by atoms with Crippen LogP contribution in [0, 0.1) is 17.8 Å². The van der Waals surface area contributed by atoms with Crippen molar-refractivity contribution in [2.24, 2.45) is 17.8 Å². The molecule has 1 amide bonds. The minimum Gasteiger partial charge on any atom is -0.295 e. The molecular formula is C13H13Cl2N3O. The Bertz CT molecular complexity index is 526. The maximum atomic E-state index is 12.1. The van der Waals surface area contributed by atoms with E-state index in [0.29, 0.717) is 27.6 Å². The summed E-state index contributed by atoms with van der Waals surface area (Å²) in [6.07, 6.45) is 9.31. The van der Waals surface area contributed by atoms with Crippen LogP contribution in [-0.4, -0.2) is 10.9 Å². The number of pyridine rings is 1. The van der Waals surface area contributed by atoms with Gasteiger partial charge in [0.2, 0.25) is 5.91 Å². The predicted molar refractivity (Wildman–Crippen MR) is 74.9 cm³/mol. The summed E-state index contributed by atoms with van der Waals surface area (Å²) in [7, 11) is 0. The first kappa shape index (κ1) is 12.8. The van der Waals surface area contributed by atoms with Crippen molar-refractivity contribution in [3.63, 3.8) is 0 Å². The van der Waals surface area contributed by atoms with Crippen molar-refractivity contribution in [2.45, 2.75) is 12.8 Å². The number of nitrogens with one attached hydrogen (secondary N) is 2. The van der Waals surface area contributed by atoms with Crippen molar-refractivity contribution < 1.29 is 4.79 Å². The Morgan fingerprint density at radius 1 is 1.21 bits per heavy atom. The number of allylic oxidation sites excluding steroid dienone is 2. The van der Waals surface area contributed by atoms with E-state index in [1.54, 1.807) is 0 Å². The first-order valence-electron chi connectivity index (χ1n) is 6.18. The largest absolute Gasteiger partial charge is 0.295 e. The van der Waals surface area contributed by atoms with E-state index in [-0.39, 0.29) is 11.8 Å². The van der Waals surface area contributed by atoms with E-state index < -0.39 is 0 Å². The Morgan fingerprint density at radius 3 is 2.53 bits per heavy atom. The molecule has 2 aliphatic carbocycles. The molecule has 0 aromatic carbocycles. The molecule has 1 fully saturated rings. The molecule has 1 aromatic heterocycles. The summed E-state index contributed by atoms with van der Waals surface area (Å²) in [5.74, 6) is 0.965. The van der Waals surface area contributed by atoms with E-state index >= 15 is 0 Å². The summed E-state index contributed by atoms with van der Waals surface area (Å²) in [6.45, 7) is 0. The van der Waals surface area contributed by atoms with Gasteiger partial charge in [-0.15, -0.1) is 0 Å². The van der Waals surface area contributed by atoms with E-state index in [2.05, 4.69) is 28.0 Å². The van der Waals surface area contributed by atoms with Crippen LogP contribution in [0.25, 0.3) is 0 Å². The highest BCUT2D eigenvalue weighted by molar-refractivity contribution is 6.38. The van der Waals surface area contributed by atoms with Gasteiger partial charge < -0.3 is 0 Å². The Kier molecular flexibility index (Phi) is 3.37. The Labute approximate surface area is 121 Å². The number of amides is 1. The molecule has 2 aliphatic rings. The van der Waals surface area contributed by atoms with Crippen molar-refractivity contribution in [3.05, 3.63) is 34.6 Å². The highest BCUT2D eigenvalue weighted by Gasteiger charge is 2.39. The Morgan fingerprint density at radius 2 is 1.95 bits per heavy atom. The number of carbonyl (C=O) groups is 1. The van der Waals surface area contributed by atoms with Gasteiger partial charge in [0.05, 0.1) is 15.7 Å². The lowest BCUT2D eigenvalue weighted by Crippen LogP contribution is -2.36. The first-order valence-corrected chi connectivity index (χ1v) is 6.94. The van der Waals surface area contributed by atoms with Gasteiger partial charge >= 0.3 is 0 Å². The lowest BCUT2D eigenvalue weighted by molar-refractivity contribution is -0.125. The third-order valence-electron chi connectivity index (χ3n) is 3.78. The molecule has 19 heavy (non-hydrogen) atoms. The van der Waals surface area contributed by atoms with Crippen molar-refractivity contribution in [2.75, 3.05) is 5.43 Å². The number of halogens is 2. The first-order chi connectivity index (χ1) is 9.15.